The number of thiophene rings is 2. The molecule has 3 heterocycles. The first-order chi connectivity index (χ1) is 11.7. The molecule has 0 amide bonds. The Kier molecular flexibility index (Phi) is 3.80. The molecule has 3 aromatic heterocycles. The minimum atomic E-state index is -0.917. The third-order valence-electron chi connectivity index (χ3n) is 3.78. The van der Waals surface area contributed by atoms with Gasteiger partial charge in [-0.05, 0) is 53.2 Å². The summed E-state index contributed by atoms with van der Waals surface area (Å²) >= 11 is 3.34. The van der Waals surface area contributed by atoms with Crippen LogP contribution in [0.4, 0.5) is 0 Å². The van der Waals surface area contributed by atoms with Gasteiger partial charge in [-0.15, -0.1) is 22.7 Å². The van der Waals surface area contributed by atoms with Crippen molar-refractivity contribution in [2.45, 2.75) is 0 Å². The summed E-state index contributed by atoms with van der Waals surface area (Å²) in [7, 11) is 0. The normalized spacial score (nSPS) is 10.8. The standard InChI is InChI=1S/C19H13NO2S2/c21-19(22)13-4-1-5-14(12-13)20-15(17-6-2-10-23-17)8-9-16(20)18-7-3-11-24-18/h1-12H,(H,21,22). The molecule has 118 valence electrons. The quantitative estimate of drug-likeness (QED) is 0.517. The van der Waals surface area contributed by atoms with Crippen molar-refractivity contribution in [3.63, 3.8) is 0 Å². The molecule has 1 aromatic carbocycles. The molecule has 0 saturated heterocycles. The van der Waals surface area contributed by atoms with Crippen LogP contribution >= 0.6 is 22.7 Å². The first-order valence-corrected chi connectivity index (χ1v) is 9.13. The number of hydrogen-bond donors (Lipinski definition) is 1. The van der Waals surface area contributed by atoms with Crippen LogP contribution in [0, 0.1) is 0 Å². The van der Waals surface area contributed by atoms with Crippen LogP contribution < -0.4 is 0 Å². The minimum absolute atomic E-state index is 0.287. The Morgan fingerprint density at radius 1 is 0.833 bits per heavy atom. The molecule has 3 nitrogen and oxygen atoms in total. The van der Waals surface area contributed by atoms with Crippen LogP contribution in [-0.2, 0) is 0 Å². The van der Waals surface area contributed by atoms with Crippen molar-refractivity contribution in [2.75, 3.05) is 0 Å². The minimum Gasteiger partial charge on any atom is -0.478 e. The maximum Gasteiger partial charge on any atom is 0.335 e. The predicted octanol–water partition coefficient (Wildman–Crippen LogP) is 5.63. The zero-order chi connectivity index (χ0) is 16.5. The van der Waals surface area contributed by atoms with Gasteiger partial charge < -0.3 is 9.67 Å². The zero-order valence-electron chi connectivity index (χ0n) is 12.5. The van der Waals surface area contributed by atoms with Crippen LogP contribution in [0.2, 0.25) is 0 Å². The van der Waals surface area contributed by atoms with Gasteiger partial charge in [-0.3, -0.25) is 0 Å². The van der Waals surface area contributed by atoms with E-state index in [9.17, 15) is 9.90 Å². The Bertz CT molecular complexity index is 931. The summed E-state index contributed by atoms with van der Waals surface area (Å²) in [6.45, 7) is 0. The number of benzene rings is 1. The van der Waals surface area contributed by atoms with Gasteiger partial charge in [0, 0.05) is 5.69 Å². The number of nitrogens with zero attached hydrogens (tertiary/aromatic N) is 1. The fourth-order valence-corrected chi connectivity index (χ4v) is 4.21. The number of aromatic carboxylic acids is 1. The summed E-state index contributed by atoms with van der Waals surface area (Å²) in [5, 5.41) is 13.4. The van der Waals surface area contributed by atoms with E-state index in [1.165, 1.54) is 0 Å². The Hall–Kier alpha value is -2.63. The highest BCUT2D eigenvalue weighted by Gasteiger charge is 2.16. The monoisotopic (exact) mass is 351 g/mol. The van der Waals surface area contributed by atoms with E-state index in [0.29, 0.717) is 0 Å². The molecule has 0 aliphatic heterocycles. The van der Waals surface area contributed by atoms with E-state index in [4.69, 9.17) is 0 Å². The van der Waals surface area contributed by atoms with Crippen LogP contribution in [0.5, 0.6) is 0 Å². The molecule has 0 fully saturated rings. The van der Waals surface area contributed by atoms with Gasteiger partial charge in [0.05, 0.1) is 26.7 Å². The highest BCUT2D eigenvalue weighted by Crippen LogP contribution is 2.36. The summed E-state index contributed by atoms with van der Waals surface area (Å²) < 4.78 is 2.13. The Balaban J connectivity index is 1.97. The molecule has 0 spiro atoms. The van der Waals surface area contributed by atoms with Gasteiger partial charge in [0.1, 0.15) is 0 Å². The number of carboxylic acid groups (broad SMARTS) is 1. The number of carbonyl (C=O) groups is 1. The molecule has 4 aromatic rings. The predicted molar refractivity (Wildman–Crippen MR) is 99.4 cm³/mol. The van der Waals surface area contributed by atoms with Crippen molar-refractivity contribution < 1.29 is 9.90 Å². The lowest BCUT2D eigenvalue weighted by Gasteiger charge is -2.13. The molecule has 0 aliphatic carbocycles. The van der Waals surface area contributed by atoms with Gasteiger partial charge >= 0.3 is 5.97 Å². The fraction of sp³-hybridized carbons (Fsp3) is 0. The average Bonchev–Trinajstić information content (AvgIpc) is 3.33. The molecule has 24 heavy (non-hydrogen) atoms. The summed E-state index contributed by atoms with van der Waals surface area (Å²) in [6, 6.07) is 19.5. The highest BCUT2D eigenvalue weighted by molar-refractivity contribution is 7.14. The largest absolute Gasteiger partial charge is 0.478 e. The molecule has 0 saturated carbocycles. The Labute approximate surface area is 147 Å². The van der Waals surface area contributed by atoms with Crippen LogP contribution in [0.15, 0.2) is 71.4 Å². The topological polar surface area (TPSA) is 42.2 Å². The molecule has 0 aliphatic rings. The van der Waals surface area contributed by atoms with Crippen LogP contribution in [0.3, 0.4) is 0 Å². The molecule has 0 unspecified atom stereocenters. The first-order valence-electron chi connectivity index (χ1n) is 7.37. The summed E-state index contributed by atoms with van der Waals surface area (Å²) in [5.41, 5.74) is 3.27. The molecule has 5 heteroatoms. The van der Waals surface area contributed by atoms with E-state index < -0.39 is 5.97 Å². The second-order valence-corrected chi connectivity index (χ2v) is 7.14. The van der Waals surface area contributed by atoms with Crippen molar-refractivity contribution in [3.8, 4) is 26.8 Å². The second kappa shape index (κ2) is 6.11. The van der Waals surface area contributed by atoms with Crippen molar-refractivity contribution in [1.29, 1.82) is 0 Å². The zero-order valence-corrected chi connectivity index (χ0v) is 14.2. The highest BCUT2D eigenvalue weighted by atomic mass is 32.1. The van der Waals surface area contributed by atoms with Crippen LogP contribution in [-0.4, -0.2) is 15.6 Å². The van der Waals surface area contributed by atoms with Gasteiger partial charge in [0.15, 0.2) is 0 Å². The lowest BCUT2D eigenvalue weighted by atomic mass is 10.2. The first kappa shape index (κ1) is 14.9. The third-order valence-corrected chi connectivity index (χ3v) is 5.56. The maximum atomic E-state index is 11.3. The van der Waals surface area contributed by atoms with Crippen molar-refractivity contribution in [1.82, 2.24) is 4.57 Å². The van der Waals surface area contributed by atoms with E-state index in [1.54, 1.807) is 40.9 Å². The van der Waals surface area contributed by atoms with E-state index >= 15 is 0 Å². The molecule has 1 N–H and O–H groups in total. The van der Waals surface area contributed by atoms with E-state index in [-0.39, 0.29) is 5.56 Å². The van der Waals surface area contributed by atoms with Crippen LogP contribution in [0.1, 0.15) is 10.4 Å². The molecule has 0 radical (unpaired) electrons. The molecular weight excluding hydrogens is 338 g/mol. The number of aromatic nitrogens is 1. The maximum absolute atomic E-state index is 11.3. The van der Waals surface area contributed by atoms with Crippen molar-refractivity contribution in [2.24, 2.45) is 0 Å². The molecular formula is C19H13NO2S2. The Morgan fingerprint density at radius 3 is 1.96 bits per heavy atom. The number of hydrogen-bond acceptors (Lipinski definition) is 3. The molecule has 0 bridgehead atoms. The van der Waals surface area contributed by atoms with Crippen LogP contribution in [0.25, 0.3) is 26.8 Å². The fourth-order valence-electron chi connectivity index (χ4n) is 2.73. The van der Waals surface area contributed by atoms with Gasteiger partial charge in [-0.2, -0.15) is 0 Å². The third kappa shape index (κ3) is 2.58. The smallest absolute Gasteiger partial charge is 0.335 e. The second-order valence-electron chi connectivity index (χ2n) is 5.25. The number of rotatable bonds is 4. The summed E-state index contributed by atoms with van der Waals surface area (Å²) in [5.74, 6) is -0.917. The SMILES string of the molecule is O=C(O)c1cccc(-n2c(-c3cccs3)ccc2-c2cccs2)c1. The Morgan fingerprint density at radius 2 is 1.46 bits per heavy atom. The molecule has 4 rings (SSSR count). The lowest BCUT2D eigenvalue weighted by Crippen LogP contribution is -2.02. The van der Waals surface area contributed by atoms with Gasteiger partial charge in [0.25, 0.3) is 0 Å². The average molecular weight is 351 g/mol. The van der Waals surface area contributed by atoms with E-state index in [2.05, 4.69) is 28.8 Å². The van der Waals surface area contributed by atoms with E-state index in [0.717, 1.165) is 26.8 Å². The summed E-state index contributed by atoms with van der Waals surface area (Å²) in [6.07, 6.45) is 0. The van der Waals surface area contributed by atoms with Gasteiger partial charge in [-0.25, -0.2) is 4.79 Å². The van der Waals surface area contributed by atoms with E-state index in [1.807, 2.05) is 29.0 Å². The van der Waals surface area contributed by atoms with Gasteiger partial charge in [0.2, 0.25) is 0 Å². The summed E-state index contributed by atoms with van der Waals surface area (Å²) in [4.78, 5) is 13.6. The molecule has 0 atom stereocenters. The number of carboxylic acids is 1. The van der Waals surface area contributed by atoms with Crippen molar-refractivity contribution >= 4 is 28.6 Å². The van der Waals surface area contributed by atoms with Crippen molar-refractivity contribution in [3.05, 3.63) is 77.0 Å². The lowest BCUT2D eigenvalue weighted by molar-refractivity contribution is 0.0697. The van der Waals surface area contributed by atoms with Gasteiger partial charge in [-0.1, -0.05) is 18.2 Å².